The fraction of sp³-hybridized carbons (Fsp3) is 0.312. The Morgan fingerprint density at radius 1 is 1.30 bits per heavy atom. The van der Waals surface area contributed by atoms with E-state index in [0.717, 1.165) is 9.91 Å². The molecule has 0 atom stereocenters. The molecule has 1 heterocycles. The largest absolute Gasteiger partial charge is 0 e. The van der Waals surface area contributed by atoms with Crippen LogP contribution in [-0.4, -0.2) is 29.0 Å². The fourth-order valence-corrected chi connectivity index (χ4v) is 1.92. The maximum atomic E-state index is 13.2. The summed E-state index contributed by atoms with van der Waals surface area (Å²) in [6, 6.07) is 5.12. The van der Waals surface area contributed by atoms with E-state index in [2.05, 4.69) is 38.3 Å². The molecule has 23 heavy (non-hydrogen) atoms. The first-order valence-corrected chi connectivity index (χ1v) is 7.43. The molecule has 1 N–H and O–H groups in total. The summed E-state index contributed by atoms with van der Waals surface area (Å²) in [6.45, 7) is 8.03. The van der Waals surface area contributed by atoms with E-state index >= 15 is 0 Å². The number of carbonyl (C=O) groups excluding carboxylic acids is 2. The van der Waals surface area contributed by atoms with Crippen LogP contribution in [-0.2, 0) is 36.0 Å². The number of cyclic esters (lactones) is 2. The van der Waals surface area contributed by atoms with Gasteiger partial charge in [0.05, 0.1) is 0 Å². The molecule has 1 saturated heterocycles. The molecule has 0 aliphatic carbocycles. The second-order valence-electron chi connectivity index (χ2n) is 5.19. The van der Waals surface area contributed by atoms with E-state index in [1.807, 2.05) is 13.0 Å². The van der Waals surface area contributed by atoms with Crippen molar-refractivity contribution in [3.8, 4) is 0 Å². The molecule has 0 aromatic heterocycles. The molecule has 2 rings (SSSR count). The summed E-state index contributed by atoms with van der Waals surface area (Å²) in [5.74, 6) is -2.77. The third-order valence-corrected chi connectivity index (χ3v) is 3.19. The van der Waals surface area contributed by atoms with Crippen molar-refractivity contribution in [3.05, 3.63) is 41.7 Å². The summed E-state index contributed by atoms with van der Waals surface area (Å²) < 4.78 is 23.5. The molecule has 1 aliphatic heterocycles. The molecule has 1 fully saturated rings. The number of nitrogens with one attached hydrogen (secondary N) is 1. The van der Waals surface area contributed by atoms with Gasteiger partial charge in [-0.15, -0.1) is 0 Å². The maximum absolute atomic E-state index is 13.2. The van der Waals surface area contributed by atoms with E-state index in [1.165, 1.54) is 19.9 Å². The summed E-state index contributed by atoms with van der Waals surface area (Å²) in [5.41, 5.74) is 1.20. The van der Waals surface area contributed by atoms with Crippen molar-refractivity contribution in [2.24, 2.45) is 0 Å². The van der Waals surface area contributed by atoms with Gasteiger partial charge >= 0.3 is 92.1 Å². The van der Waals surface area contributed by atoms with Gasteiger partial charge in [0.1, 0.15) is 5.57 Å². The van der Waals surface area contributed by atoms with Crippen LogP contribution >= 0.6 is 0 Å². The fourth-order valence-electron chi connectivity index (χ4n) is 1.64. The summed E-state index contributed by atoms with van der Waals surface area (Å²) in [6.07, 6.45) is 0. The molecule has 125 valence electrons. The molecular formula is C16H20FNO4V. The monoisotopic (exact) mass is 360 g/mol. The van der Waals surface area contributed by atoms with Gasteiger partial charge in [-0.05, 0) is 0 Å². The second kappa shape index (κ2) is 7.57. The minimum atomic E-state index is -1.16. The van der Waals surface area contributed by atoms with E-state index in [4.69, 9.17) is 0 Å². The smallest absolute Gasteiger partial charge is 0 e. The van der Waals surface area contributed by atoms with Crippen LogP contribution in [0.2, 0.25) is 0 Å². The van der Waals surface area contributed by atoms with Gasteiger partial charge < -0.3 is 9.47 Å². The Kier molecular flexibility index (Phi) is 6.30. The molecule has 0 bridgehead atoms. The van der Waals surface area contributed by atoms with Crippen LogP contribution < -0.4 is 5.32 Å². The number of hydrogen-bond acceptors (Lipinski definition) is 5. The third kappa shape index (κ3) is 5.34. The SMILES string of the molecule is C=C1C(=O)OC(C)(C)OC1=O.CNc1ccc([C](C)=[V])c(F)c1.[HH]. The molecule has 0 radical (unpaired) electrons. The van der Waals surface area contributed by atoms with Crippen molar-refractivity contribution < 1.29 is 41.9 Å². The van der Waals surface area contributed by atoms with E-state index < -0.39 is 17.7 Å². The van der Waals surface area contributed by atoms with E-state index in [-0.39, 0.29) is 12.8 Å². The van der Waals surface area contributed by atoms with Crippen molar-refractivity contribution in [3.63, 3.8) is 0 Å². The molecule has 0 amide bonds. The zero-order valence-corrected chi connectivity index (χ0v) is 14.8. The Bertz CT molecular complexity index is 654. The number of anilines is 1. The first-order valence-electron chi connectivity index (χ1n) is 6.73. The quantitative estimate of drug-likeness (QED) is 0.499. The molecule has 0 spiro atoms. The summed E-state index contributed by atoms with van der Waals surface area (Å²) in [7, 11) is 1.77. The molecule has 1 aromatic rings. The summed E-state index contributed by atoms with van der Waals surface area (Å²) in [5, 5.41) is 2.88. The van der Waals surface area contributed by atoms with E-state index in [1.54, 1.807) is 13.1 Å². The zero-order valence-electron chi connectivity index (χ0n) is 13.4. The maximum Gasteiger partial charge on any atom is 0 e. The average Bonchev–Trinajstić information content (AvgIpc) is 2.44. The van der Waals surface area contributed by atoms with Crippen LogP contribution in [0, 0.1) is 5.82 Å². The van der Waals surface area contributed by atoms with E-state index in [9.17, 15) is 14.0 Å². The Labute approximate surface area is 144 Å². The number of benzene rings is 1. The normalized spacial score (nSPS) is 15.7. The van der Waals surface area contributed by atoms with Gasteiger partial charge in [0.25, 0.3) is 5.79 Å². The number of rotatable bonds is 2. The van der Waals surface area contributed by atoms with Gasteiger partial charge in [-0.25, -0.2) is 9.59 Å². The third-order valence-electron chi connectivity index (χ3n) is 2.82. The molecule has 1 aromatic carbocycles. The van der Waals surface area contributed by atoms with Crippen LogP contribution in [0.25, 0.3) is 0 Å². The minimum Gasteiger partial charge on any atom is 0 e. The number of carbonyl (C=O) groups is 2. The number of esters is 2. The van der Waals surface area contributed by atoms with Gasteiger partial charge in [0.15, 0.2) is 0 Å². The standard InChI is InChI=1S/C9H10FN.C7H8O4.V.H2/c1-3-7-4-5-8(11-2)6-9(7)10;1-4-5(8)10-7(2,3)11-6(4)9;;/h4-6,11H,1-2H3;1H2,2-3H3;;1H. The predicted molar refractivity (Wildman–Crippen MR) is 83.2 cm³/mol. The molecule has 7 heteroatoms. The summed E-state index contributed by atoms with van der Waals surface area (Å²) in [4.78, 5) is 21.6. The van der Waals surface area contributed by atoms with Crippen LogP contribution in [0.3, 0.4) is 0 Å². The van der Waals surface area contributed by atoms with Crippen molar-refractivity contribution in [1.29, 1.82) is 0 Å². The van der Waals surface area contributed by atoms with Crippen LogP contribution in [0.1, 0.15) is 27.8 Å². The molecular weight excluding hydrogens is 340 g/mol. The van der Waals surface area contributed by atoms with Crippen molar-refractivity contribution in [2.75, 3.05) is 12.4 Å². The predicted octanol–water partition coefficient (Wildman–Crippen LogP) is 2.58. The molecule has 5 nitrogen and oxygen atoms in total. The number of ether oxygens (including phenoxy) is 2. The van der Waals surface area contributed by atoms with Crippen LogP contribution in [0.15, 0.2) is 30.4 Å². The minimum absolute atomic E-state index is 0. The average molecular weight is 360 g/mol. The van der Waals surface area contributed by atoms with Crippen LogP contribution in [0.4, 0.5) is 10.1 Å². The Morgan fingerprint density at radius 2 is 1.83 bits per heavy atom. The van der Waals surface area contributed by atoms with Gasteiger partial charge in [0.2, 0.25) is 0 Å². The van der Waals surface area contributed by atoms with E-state index in [0.29, 0.717) is 5.56 Å². The Morgan fingerprint density at radius 3 is 2.22 bits per heavy atom. The Hall–Kier alpha value is -1.92. The van der Waals surface area contributed by atoms with Crippen molar-refractivity contribution >= 4 is 21.9 Å². The van der Waals surface area contributed by atoms with Crippen molar-refractivity contribution in [1.82, 2.24) is 0 Å². The second-order valence-corrected chi connectivity index (χ2v) is 6.23. The Balaban J connectivity index is 0.000000425. The first kappa shape index (κ1) is 19.1. The van der Waals surface area contributed by atoms with Gasteiger partial charge in [-0.2, -0.15) is 0 Å². The summed E-state index contributed by atoms with van der Waals surface area (Å²) >= 11 is 2.35. The number of hydrogen-bond donors (Lipinski definition) is 1. The van der Waals surface area contributed by atoms with Gasteiger partial charge in [-0.1, -0.05) is 6.58 Å². The van der Waals surface area contributed by atoms with Crippen molar-refractivity contribution in [2.45, 2.75) is 26.6 Å². The van der Waals surface area contributed by atoms with Crippen LogP contribution in [0.5, 0.6) is 0 Å². The zero-order chi connectivity index (χ0) is 17.8. The van der Waals surface area contributed by atoms with Gasteiger partial charge in [0, 0.05) is 15.3 Å². The molecule has 0 saturated carbocycles. The number of halogens is 1. The van der Waals surface area contributed by atoms with Gasteiger partial charge in [-0.3, -0.25) is 0 Å². The molecule has 0 unspecified atom stereocenters. The first-order chi connectivity index (χ1) is 10.6. The molecule has 1 aliphatic rings. The topological polar surface area (TPSA) is 64.6 Å².